The van der Waals surface area contributed by atoms with Gasteiger partial charge in [0, 0.05) is 0 Å². The van der Waals surface area contributed by atoms with Gasteiger partial charge in [0.05, 0.1) is 23.3 Å². The van der Waals surface area contributed by atoms with E-state index < -0.39 is 24.0 Å². The summed E-state index contributed by atoms with van der Waals surface area (Å²) < 4.78 is 0. The Morgan fingerprint density at radius 3 is 1.91 bits per heavy atom. The molecule has 0 radical (unpaired) electrons. The molecule has 2 aromatic rings. The zero-order chi connectivity index (χ0) is 15.9. The Labute approximate surface area is 127 Å². The van der Waals surface area contributed by atoms with Crippen molar-refractivity contribution in [2.24, 2.45) is 0 Å². The van der Waals surface area contributed by atoms with Crippen LogP contribution in [0.4, 0.5) is 0 Å². The summed E-state index contributed by atoms with van der Waals surface area (Å²) in [5.74, 6) is -0.707. The van der Waals surface area contributed by atoms with Crippen molar-refractivity contribution in [2.75, 3.05) is 0 Å². The SMILES string of the molecule is C[C@@H](C(O)c1ccc(O)cc1)N1C(=O)c2ccccc2C1=O. The first-order valence-corrected chi connectivity index (χ1v) is 6.94. The smallest absolute Gasteiger partial charge is 0.261 e. The van der Waals surface area contributed by atoms with E-state index in [1.54, 1.807) is 43.3 Å². The largest absolute Gasteiger partial charge is 0.508 e. The van der Waals surface area contributed by atoms with Crippen molar-refractivity contribution < 1.29 is 19.8 Å². The van der Waals surface area contributed by atoms with Crippen molar-refractivity contribution in [1.29, 1.82) is 0 Å². The molecule has 0 aliphatic carbocycles. The van der Waals surface area contributed by atoms with Gasteiger partial charge < -0.3 is 10.2 Å². The number of aliphatic hydroxyl groups excluding tert-OH is 1. The standard InChI is InChI=1S/C17H15NO4/c1-10(15(20)11-6-8-12(19)9-7-11)18-16(21)13-4-2-3-5-14(13)17(18)22/h2-10,15,19-20H,1H3/t10-,15?/m0/s1. The highest BCUT2D eigenvalue weighted by molar-refractivity contribution is 6.21. The zero-order valence-electron chi connectivity index (χ0n) is 11.9. The minimum atomic E-state index is -1.03. The van der Waals surface area contributed by atoms with Crippen LogP contribution in [-0.4, -0.2) is 33.0 Å². The number of phenols is 1. The van der Waals surface area contributed by atoms with E-state index >= 15 is 0 Å². The number of hydrogen-bond acceptors (Lipinski definition) is 4. The quantitative estimate of drug-likeness (QED) is 0.851. The van der Waals surface area contributed by atoms with Crippen LogP contribution in [0.3, 0.4) is 0 Å². The molecule has 1 aliphatic heterocycles. The molecule has 5 nitrogen and oxygen atoms in total. The van der Waals surface area contributed by atoms with Gasteiger partial charge in [0.25, 0.3) is 11.8 Å². The van der Waals surface area contributed by atoms with E-state index in [1.807, 2.05) is 0 Å². The second-order valence-corrected chi connectivity index (χ2v) is 5.30. The molecule has 1 heterocycles. The molecule has 0 saturated heterocycles. The van der Waals surface area contributed by atoms with Crippen molar-refractivity contribution in [3.63, 3.8) is 0 Å². The van der Waals surface area contributed by atoms with Crippen molar-refractivity contribution in [3.8, 4) is 5.75 Å². The fourth-order valence-corrected chi connectivity index (χ4v) is 2.67. The maximum atomic E-state index is 12.4. The third kappa shape index (κ3) is 2.16. The minimum absolute atomic E-state index is 0.0873. The van der Waals surface area contributed by atoms with Crippen LogP contribution in [0.5, 0.6) is 5.75 Å². The number of imide groups is 1. The lowest BCUT2D eigenvalue weighted by atomic mass is 10.0. The van der Waals surface area contributed by atoms with E-state index in [-0.39, 0.29) is 5.75 Å². The molecule has 112 valence electrons. The predicted molar refractivity (Wildman–Crippen MR) is 79.5 cm³/mol. The van der Waals surface area contributed by atoms with Crippen LogP contribution in [0, 0.1) is 0 Å². The summed E-state index contributed by atoms with van der Waals surface area (Å²) in [4.78, 5) is 25.9. The first-order chi connectivity index (χ1) is 10.5. The van der Waals surface area contributed by atoms with Crippen molar-refractivity contribution >= 4 is 11.8 Å². The molecule has 0 bridgehead atoms. The lowest BCUT2D eigenvalue weighted by Crippen LogP contribution is -2.41. The number of carbonyl (C=O) groups excluding carboxylic acids is 2. The Bertz CT molecular complexity index is 704. The van der Waals surface area contributed by atoms with E-state index in [0.29, 0.717) is 16.7 Å². The van der Waals surface area contributed by atoms with Gasteiger partial charge in [-0.3, -0.25) is 14.5 Å². The predicted octanol–water partition coefficient (Wildman–Crippen LogP) is 2.11. The number of carbonyl (C=O) groups is 2. The van der Waals surface area contributed by atoms with Gasteiger partial charge in [0.2, 0.25) is 0 Å². The van der Waals surface area contributed by atoms with Crippen LogP contribution in [0.1, 0.15) is 39.3 Å². The topological polar surface area (TPSA) is 77.8 Å². The van der Waals surface area contributed by atoms with Crippen molar-refractivity contribution in [1.82, 2.24) is 4.90 Å². The Kier molecular flexibility index (Phi) is 3.42. The molecule has 2 N–H and O–H groups in total. The number of aromatic hydroxyl groups is 1. The van der Waals surface area contributed by atoms with Gasteiger partial charge in [-0.15, -0.1) is 0 Å². The van der Waals surface area contributed by atoms with E-state index in [4.69, 9.17) is 0 Å². The lowest BCUT2D eigenvalue weighted by Gasteiger charge is -2.27. The highest BCUT2D eigenvalue weighted by atomic mass is 16.3. The summed E-state index contributed by atoms with van der Waals surface area (Å²) in [5, 5.41) is 19.7. The first-order valence-electron chi connectivity index (χ1n) is 6.94. The molecule has 22 heavy (non-hydrogen) atoms. The van der Waals surface area contributed by atoms with E-state index in [9.17, 15) is 19.8 Å². The van der Waals surface area contributed by atoms with Crippen LogP contribution in [0.25, 0.3) is 0 Å². The van der Waals surface area contributed by atoms with Crippen LogP contribution in [0.2, 0.25) is 0 Å². The van der Waals surface area contributed by atoms with Crippen LogP contribution >= 0.6 is 0 Å². The Morgan fingerprint density at radius 1 is 0.909 bits per heavy atom. The third-order valence-electron chi connectivity index (χ3n) is 3.92. The van der Waals surface area contributed by atoms with Gasteiger partial charge in [-0.05, 0) is 36.8 Å². The van der Waals surface area contributed by atoms with Gasteiger partial charge in [-0.25, -0.2) is 0 Å². The van der Waals surface area contributed by atoms with Crippen molar-refractivity contribution in [3.05, 3.63) is 65.2 Å². The third-order valence-corrected chi connectivity index (χ3v) is 3.92. The van der Waals surface area contributed by atoms with Gasteiger partial charge in [-0.2, -0.15) is 0 Å². The average Bonchev–Trinajstić information content (AvgIpc) is 2.79. The fraction of sp³-hybridized carbons (Fsp3) is 0.176. The number of phenolic OH excluding ortho intramolecular Hbond substituents is 1. The molecule has 2 amide bonds. The molecule has 1 unspecified atom stereocenters. The van der Waals surface area contributed by atoms with Crippen molar-refractivity contribution in [2.45, 2.75) is 19.1 Å². The summed E-state index contributed by atoms with van der Waals surface area (Å²) in [7, 11) is 0. The highest BCUT2D eigenvalue weighted by Gasteiger charge is 2.40. The monoisotopic (exact) mass is 297 g/mol. The molecule has 2 atom stereocenters. The Balaban J connectivity index is 1.90. The second kappa shape index (κ2) is 5.27. The normalized spacial score (nSPS) is 16.5. The molecule has 2 aromatic carbocycles. The molecule has 0 saturated carbocycles. The molecule has 0 aromatic heterocycles. The average molecular weight is 297 g/mol. The molecule has 5 heteroatoms. The fourth-order valence-electron chi connectivity index (χ4n) is 2.67. The van der Waals surface area contributed by atoms with Gasteiger partial charge >= 0.3 is 0 Å². The molecule has 0 fully saturated rings. The number of benzene rings is 2. The van der Waals surface area contributed by atoms with Crippen LogP contribution in [0.15, 0.2) is 48.5 Å². The van der Waals surface area contributed by atoms with Crippen LogP contribution in [-0.2, 0) is 0 Å². The van der Waals surface area contributed by atoms with E-state index in [0.717, 1.165) is 4.90 Å². The molecule has 0 spiro atoms. The van der Waals surface area contributed by atoms with Crippen LogP contribution < -0.4 is 0 Å². The van der Waals surface area contributed by atoms with E-state index in [1.165, 1.54) is 12.1 Å². The number of fused-ring (bicyclic) bond motifs is 1. The van der Waals surface area contributed by atoms with Gasteiger partial charge in [0.1, 0.15) is 5.75 Å². The number of rotatable bonds is 3. The Morgan fingerprint density at radius 2 is 1.41 bits per heavy atom. The molecular weight excluding hydrogens is 282 g/mol. The lowest BCUT2D eigenvalue weighted by molar-refractivity contribution is 0.0376. The number of amides is 2. The molecule has 3 rings (SSSR count). The maximum absolute atomic E-state index is 12.4. The highest BCUT2D eigenvalue weighted by Crippen LogP contribution is 2.30. The van der Waals surface area contributed by atoms with Gasteiger partial charge in [-0.1, -0.05) is 24.3 Å². The number of hydrogen-bond donors (Lipinski definition) is 2. The number of aliphatic hydroxyl groups is 1. The zero-order valence-corrected chi connectivity index (χ0v) is 11.9. The first kappa shape index (κ1) is 14.3. The minimum Gasteiger partial charge on any atom is -0.508 e. The van der Waals surface area contributed by atoms with E-state index in [2.05, 4.69) is 0 Å². The molecular formula is C17H15NO4. The maximum Gasteiger partial charge on any atom is 0.261 e. The second-order valence-electron chi connectivity index (χ2n) is 5.30. The summed E-state index contributed by atoms with van der Waals surface area (Å²) in [6, 6.07) is 11.9. The summed E-state index contributed by atoms with van der Waals surface area (Å²) in [6.07, 6.45) is -1.03. The summed E-state index contributed by atoms with van der Waals surface area (Å²) in [6.45, 7) is 1.62. The number of nitrogens with zero attached hydrogens (tertiary/aromatic N) is 1. The summed E-state index contributed by atoms with van der Waals surface area (Å²) >= 11 is 0. The van der Waals surface area contributed by atoms with Gasteiger partial charge in [0.15, 0.2) is 0 Å². The molecule has 1 aliphatic rings. The summed E-state index contributed by atoms with van der Waals surface area (Å²) in [5.41, 5.74) is 1.25. The Hall–Kier alpha value is -2.66.